The Bertz CT molecular complexity index is 1560. The van der Waals surface area contributed by atoms with Crippen molar-refractivity contribution in [1.29, 1.82) is 0 Å². The number of carboxylic acids is 1. The van der Waals surface area contributed by atoms with E-state index in [1.54, 1.807) is 13.0 Å². The first-order valence-corrected chi connectivity index (χ1v) is 14.2. The molecule has 0 fully saturated rings. The molecule has 0 radical (unpaired) electrons. The third-order valence-corrected chi connectivity index (χ3v) is 7.88. The molecule has 1 aliphatic carbocycles. The van der Waals surface area contributed by atoms with Gasteiger partial charge in [-0.1, -0.05) is 78.9 Å². The fraction of sp³-hybridized carbons (Fsp3) is 0.182. The molecule has 4 aromatic rings. The van der Waals surface area contributed by atoms with Gasteiger partial charge in [-0.3, -0.25) is 4.79 Å². The zero-order valence-corrected chi connectivity index (χ0v) is 24.3. The summed E-state index contributed by atoms with van der Waals surface area (Å²) in [4.78, 5) is 38.1. The topological polar surface area (TPSA) is 114 Å². The predicted octanol–water partition coefficient (Wildman–Crippen LogP) is 6.60. The first-order valence-electron chi connectivity index (χ1n) is 13.4. The van der Waals surface area contributed by atoms with E-state index in [1.165, 1.54) is 12.1 Å². The van der Waals surface area contributed by atoms with Crippen LogP contribution < -0.4 is 10.6 Å². The van der Waals surface area contributed by atoms with Gasteiger partial charge in [0.25, 0.3) is 0 Å². The van der Waals surface area contributed by atoms with Crippen molar-refractivity contribution in [3.05, 3.63) is 124 Å². The standard InChI is InChI=1S/C33H29BrN2O6/c1-20(41-18-21-9-3-2-4-10-21)30(31(37)35-22-15-16-29(34)27(17-22)32(38)39)36-33(40)42-19-28-25-13-7-5-11-23(25)24-12-6-8-14-26(24)28/h2-17,20,28,30H,18-19H2,1H3,(H,35,37)(H,36,40)(H,38,39). The lowest BCUT2D eigenvalue weighted by Crippen LogP contribution is -2.51. The average molecular weight is 630 g/mol. The van der Waals surface area contributed by atoms with E-state index in [0.29, 0.717) is 4.47 Å². The summed E-state index contributed by atoms with van der Waals surface area (Å²) in [6.07, 6.45) is -1.52. The fourth-order valence-electron chi connectivity index (χ4n) is 5.05. The molecule has 0 saturated heterocycles. The largest absolute Gasteiger partial charge is 0.478 e. The number of anilines is 1. The highest BCUT2D eigenvalue weighted by Crippen LogP contribution is 2.44. The van der Waals surface area contributed by atoms with Crippen LogP contribution in [0.1, 0.15) is 39.9 Å². The van der Waals surface area contributed by atoms with E-state index in [1.807, 2.05) is 66.7 Å². The number of fused-ring (bicyclic) bond motifs is 3. The Kier molecular flexibility index (Phi) is 9.00. The third-order valence-electron chi connectivity index (χ3n) is 7.19. The number of benzene rings is 4. The molecule has 1 aliphatic rings. The molecule has 42 heavy (non-hydrogen) atoms. The maximum Gasteiger partial charge on any atom is 0.407 e. The van der Waals surface area contributed by atoms with Gasteiger partial charge in [-0.15, -0.1) is 0 Å². The molecule has 9 heteroatoms. The van der Waals surface area contributed by atoms with E-state index < -0.39 is 30.1 Å². The number of aromatic carboxylic acids is 1. The van der Waals surface area contributed by atoms with Crippen LogP contribution in [-0.4, -0.2) is 41.8 Å². The first kappa shape index (κ1) is 29.0. The maximum absolute atomic E-state index is 13.4. The maximum atomic E-state index is 13.4. The molecule has 2 unspecified atom stereocenters. The number of amides is 2. The number of nitrogens with one attached hydrogen (secondary N) is 2. The van der Waals surface area contributed by atoms with Gasteiger partial charge in [0.05, 0.1) is 18.3 Å². The van der Waals surface area contributed by atoms with E-state index in [0.717, 1.165) is 27.8 Å². The third kappa shape index (κ3) is 6.53. The van der Waals surface area contributed by atoms with E-state index in [4.69, 9.17) is 9.47 Å². The van der Waals surface area contributed by atoms with Gasteiger partial charge in [0.1, 0.15) is 12.6 Å². The first-order chi connectivity index (χ1) is 20.3. The van der Waals surface area contributed by atoms with Crippen LogP contribution in [0.2, 0.25) is 0 Å². The summed E-state index contributed by atoms with van der Waals surface area (Å²) < 4.78 is 12.0. The minimum Gasteiger partial charge on any atom is -0.478 e. The fourth-order valence-corrected chi connectivity index (χ4v) is 5.46. The van der Waals surface area contributed by atoms with E-state index >= 15 is 0 Å². The van der Waals surface area contributed by atoms with Gasteiger partial charge >= 0.3 is 12.1 Å². The molecule has 0 spiro atoms. The Morgan fingerprint density at radius 1 is 0.881 bits per heavy atom. The van der Waals surface area contributed by atoms with E-state index in [9.17, 15) is 19.5 Å². The van der Waals surface area contributed by atoms with Crippen molar-refractivity contribution in [2.75, 3.05) is 11.9 Å². The van der Waals surface area contributed by atoms with Crippen LogP contribution in [0, 0.1) is 0 Å². The minimum absolute atomic E-state index is 0.0118. The Morgan fingerprint density at radius 3 is 2.14 bits per heavy atom. The number of rotatable bonds is 10. The van der Waals surface area contributed by atoms with Crippen LogP contribution in [0.15, 0.2) is 102 Å². The normalized spacial score (nSPS) is 13.4. The Hall–Kier alpha value is -4.47. The molecule has 0 heterocycles. The monoisotopic (exact) mass is 628 g/mol. The lowest BCUT2D eigenvalue weighted by molar-refractivity contribution is -0.121. The summed E-state index contributed by atoms with van der Waals surface area (Å²) in [7, 11) is 0. The number of hydrogen-bond acceptors (Lipinski definition) is 5. The van der Waals surface area contributed by atoms with E-state index in [2.05, 4.69) is 38.7 Å². The SMILES string of the molecule is CC(OCc1ccccc1)C(NC(=O)OCC1c2ccccc2-c2ccccc21)C(=O)Nc1ccc(Br)c(C(=O)O)c1. The van der Waals surface area contributed by atoms with Crippen molar-refractivity contribution >= 4 is 39.6 Å². The predicted molar refractivity (Wildman–Crippen MR) is 162 cm³/mol. The summed E-state index contributed by atoms with van der Waals surface area (Å²) in [5.41, 5.74) is 5.52. The molecule has 0 saturated carbocycles. The van der Waals surface area contributed by atoms with Crippen LogP contribution in [0.25, 0.3) is 11.1 Å². The van der Waals surface area contributed by atoms with E-state index in [-0.39, 0.29) is 30.4 Å². The molecule has 0 aliphatic heterocycles. The molecular formula is C33H29BrN2O6. The minimum atomic E-state index is -1.15. The van der Waals surface area contributed by atoms with Crippen LogP contribution in [0.5, 0.6) is 0 Å². The van der Waals surface area contributed by atoms with Gasteiger partial charge in [0, 0.05) is 16.1 Å². The smallest absolute Gasteiger partial charge is 0.407 e. The zero-order valence-electron chi connectivity index (χ0n) is 22.8. The van der Waals surface area contributed by atoms with Crippen LogP contribution in [0.3, 0.4) is 0 Å². The molecule has 0 aromatic heterocycles. The number of halogens is 1. The van der Waals surface area contributed by atoms with Gasteiger partial charge in [-0.05, 0) is 68.9 Å². The number of ether oxygens (including phenoxy) is 2. The second-order valence-corrected chi connectivity index (χ2v) is 10.8. The molecule has 3 N–H and O–H groups in total. The Labute approximate surface area is 251 Å². The van der Waals surface area contributed by atoms with Crippen molar-refractivity contribution in [3.63, 3.8) is 0 Å². The lowest BCUT2D eigenvalue weighted by Gasteiger charge is -2.25. The molecule has 214 valence electrons. The van der Waals surface area contributed by atoms with Crippen molar-refractivity contribution in [2.24, 2.45) is 0 Å². The summed E-state index contributed by atoms with van der Waals surface area (Å²) in [6.45, 7) is 1.99. The lowest BCUT2D eigenvalue weighted by atomic mass is 9.98. The summed E-state index contributed by atoms with van der Waals surface area (Å²) >= 11 is 3.20. The number of hydrogen-bond donors (Lipinski definition) is 3. The zero-order chi connectivity index (χ0) is 29.6. The second kappa shape index (κ2) is 13.0. The van der Waals surface area contributed by atoms with Crippen LogP contribution in [0.4, 0.5) is 10.5 Å². The number of carbonyl (C=O) groups is 3. The Balaban J connectivity index is 1.30. The van der Waals surface area contributed by atoms with Gasteiger partial charge in [-0.25, -0.2) is 9.59 Å². The highest BCUT2D eigenvalue weighted by atomic mass is 79.9. The van der Waals surface area contributed by atoms with Crippen LogP contribution >= 0.6 is 15.9 Å². The summed E-state index contributed by atoms with van der Waals surface area (Å²) in [5, 5.41) is 14.8. The average Bonchev–Trinajstić information content (AvgIpc) is 3.32. The molecule has 0 bridgehead atoms. The van der Waals surface area contributed by atoms with Crippen molar-refractivity contribution in [3.8, 4) is 11.1 Å². The van der Waals surface area contributed by atoms with Crippen molar-refractivity contribution in [1.82, 2.24) is 5.32 Å². The van der Waals surface area contributed by atoms with Gasteiger partial charge in [0.2, 0.25) is 5.91 Å². The van der Waals surface area contributed by atoms with Crippen LogP contribution in [-0.2, 0) is 20.9 Å². The number of alkyl carbamates (subject to hydrolysis) is 1. The number of carboxylic acid groups (broad SMARTS) is 1. The highest BCUT2D eigenvalue weighted by Gasteiger charge is 2.32. The highest BCUT2D eigenvalue weighted by molar-refractivity contribution is 9.10. The molecule has 4 aromatic carbocycles. The van der Waals surface area contributed by atoms with Crippen molar-refractivity contribution in [2.45, 2.75) is 31.6 Å². The Morgan fingerprint density at radius 2 is 1.50 bits per heavy atom. The van der Waals surface area contributed by atoms with Gasteiger partial charge in [0.15, 0.2) is 0 Å². The molecule has 8 nitrogen and oxygen atoms in total. The molecular weight excluding hydrogens is 600 g/mol. The second-order valence-electron chi connectivity index (χ2n) is 9.94. The molecule has 2 amide bonds. The van der Waals surface area contributed by atoms with Gasteiger partial charge < -0.3 is 25.2 Å². The summed E-state index contributed by atoms with van der Waals surface area (Å²) in [6, 6.07) is 28.8. The molecule has 2 atom stereocenters. The quantitative estimate of drug-likeness (QED) is 0.182. The summed E-state index contributed by atoms with van der Waals surface area (Å²) in [5.74, 6) is -1.87. The number of carbonyl (C=O) groups excluding carboxylic acids is 2. The van der Waals surface area contributed by atoms with Crippen molar-refractivity contribution < 1.29 is 29.0 Å². The van der Waals surface area contributed by atoms with Gasteiger partial charge in [-0.2, -0.15) is 0 Å². The molecule has 5 rings (SSSR count).